The summed E-state index contributed by atoms with van der Waals surface area (Å²) in [6.07, 6.45) is -3.30. The van der Waals surface area contributed by atoms with Crippen LogP contribution in [0.5, 0.6) is 0 Å². The minimum Gasteiger partial charge on any atom is -0.374 e. The second-order valence-corrected chi connectivity index (χ2v) is 5.68. The zero-order valence-corrected chi connectivity index (χ0v) is 10.4. The Hall–Kier alpha value is -0.250. The number of rotatable bonds is 0. The Bertz CT molecular complexity index is 234. The van der Waals surface area contributed by atoms with E-state index in [9.17, 15) is 13.2 Å². The third-order valence-electron chi connectivity index (χ3n) is 3.12. The molecule has 0 aromatic rings. The molecular weight excluding hydrogens is 217 g/mol. The van der Waals surface area contributed by atoms with Crippen LogP contribution in [0.25, 0.3) is 0 Å². The quantitative estimate of drug-likeness (QED) is 0.615. The molecule has 4 heteroatoms. The van der Waals surface area contributed by atoms with Crippen molar-refractivity contribution in [2.75, 3.05) is 0 Å². The average molecular weight is 238 g/mol. The molecule has 2 fully saturated rings. The SMILES string of the molecule is CC(C)C.CC1(C(F)(F)F)CC2CCC1O2. The first-order valence-corrected chi connectivity index (χ1v) is 5.89. The van der Waals surface area contributed by atoms with E-state index in [1.807, 2.05) is 0 Å². The fourth-order valence-electron chi connectivity index (χ4n) is 2.23. The number of fused-ring (bicyclic) bond motifs is 2. The van der Waals surface area contributed by atoms with E-state index in [-0.39, 0.29) is 12.5 Å². The molecule has 2 saturated heterocycles. The number of halogens is 3. The first kappa shape index (κ1) is 13.8. The standard InChI is InChI=1S/C8H11F3O.C4H10/c1-7(8(9,10)11)4-5-2-3-6(7)12-5;1-4(2)3/h5-6H,2-4H2,1H3;4H,1-3H3. The molecule has 2 heterocycles. The van der Waals surface area contributed by atoms with E-state index in [4.69, 9.17) is 4.74 Å². The van der Waals surface area contributed by atoms with Crippen molar-refractivity contribution in [1.82, 2.24) is 0 Å². The highest BCUT2D eigenvalue weighted by Gasteiger charge is 2.63. The molecule has 0 N–H and O–H groups in total. The van der Waals surface area contributed by atoms with Crippen LogP contribution in [0.4, 0.5) is 13.2 Å². The van der Waals surface area contributed by atoms with Gasteiger partial charge in [-0.15, -0.1) is 0 Å². The summed E-state index contributed by atoms with van der Waals surface area (Å²) < 4.78 is 42.8. The van der Waals surface area contributed by atoms with E-state index in [1.54, 1.807) is 0 Å². The highest BCUT2D eigenvalue weighted by molar-refractivity contribution is 5.01. The van der Waals surface area contributed by atoms with Gasteiger partial charge in [-0.2, -0.15) is 13.2 Å². The molecule has 0 amide bonds. The van der Waals surface area contributed by atoms with Gasteiger partial charge in [0.1, 0.15) is 0 Å². The molecule has 1 nitrogen and oxygen atoms in total. The van der Waals surface area contributed by atoms with Crippen molar-refractivity contribution in [3.8, 4) is 0 Å². The average Bonchev–Trinajstić information content (AvgIpc) is 2.60. The molecule has 2 aliphatic heterocycles. The highest BCUT2D eigenvalue weighted by atomic mass is 19.4. The van der Waals surface area contributed by atoms with Crippen LogP contribution in [0.3, 0.4) is 0 Å². The lowest BCUT2D eigenvalue weighted by atomic mass is 9.75. The molecule has 0 aliphatic carbocycles. The molecule has 2 aliphatic rings. The lowest BCUT2D eigenvalue weighted by molar-refractivity contribution is -0.232. The van der Waals surface area contributed by atoms with Gasteiger partial charge in [0.25, 0.3) is 0 Å². The van der Waals surface area contributed by atoms with Crippen molar-refractivity contribution in [3.63, 3.8) is 0 Å². The number of hydrogen-bond acceptors (Lipinski definition) is 1. The Morgan fingerprint density at radius 2 is 1.69 bits per heavy atom. The van der Waals surface area contributed by atoms with Gasteiger partial charge in [0.2, 0.25) is 0 Å². The number of alkyl halides is 3. The Morgan fingerprint density at radius 3 is 1.88 bits per heavy atom. The highest BCUT2D eigenvalue weighted by Crippen LogP contribution is 2.55. The summed E-state index contributed by atoms with van der Waals surface area (Å²) in [5.41, 5.74) is -1.57. The third-order valence-corrected chi connectivity index (χ3v) is 3.12. The molecule has 2 rings (SSSR count). The second kappa shape index (κ2) is 4.55. The minimum absolute atomic E-state index is 0.137. The molecule has 0 spiro atoms. The minimum atomic E-state index is -4.10. The number of hydrogen-bond donors (Lipinski definition) is 0. The van der Waals surface area contributed by atoms with Gasteiger partial charge in [0.15, 0.2) is 0 Å². The Morgan fingerprint density at radius 1 is 1.19 bits per heavy atom. The fourth-order valence-corrected chi connectivity index (χ4v) is 2.23. The van der Waals surface area contributed by atoms with E-state index in [2.05, 4.69) is 20.8 Å². The van der Waals surface area contributed by atoms with E-state index in [1.165, 1.54) is 6.92 Å². The molecule has 3 unspecified atom stereocenters. The van der Waals surface area contributed by atoms with Crippen molar-refractivity contribution in [3.05, 3.63) is 0 Å². The maximum Gasteiger partial charge on any atom is 0.396 e. The second-order valence-electron chi connectivity index (χ2n) is 5.68. The van der Waals surface area contributed by atoms with Gasteiger partial charge in [0, 0.05) is 0 Å². The zero-order chi connectivity index (χ0) is 12.6. The van der Waals surface area contributed by atoms with Crippen LogP contribution in [-0.2, 0) is 4.74 Å². The fraction of sp³-hybridized carbons (Fsp3) is 1.00. The maximum absolute atomic E-state index is 12.5. The summed E-state index contributed by atoms with van der Waals surface area (Å²) in [7, 11) is 0. The maximum atomic E-state index is 12.5. The molecule has 16 heavy (non-hydrogen) atoms. The lowest BCUT2D eigenvalue weighted by Gasteiger charge is -2.33. The predicted octanol–water partition coefficient (Wildman–Crippen LogP) is 4.17. The van der Waals surface area contributed by atoms with Gasteiger partial charge >= 0.3 is 6.18 Å². The molecule has 96 valence electrons. The summed E-state index contributed by atoms with van der Waals surface area (Å²) in [4.78, 5) is 0. The van der Waals surface area contributed by atoms with Crippen molar-refractivity contribution in [1.29, 1.82) is 0 Å². The van der Waals surface area contributed by atoms with Gasteiger partial charge in [-0.05, 0) is 32.1 Å². The molecule has 0 aromatic heterocycles. The van der Waals surface area contributed by atoms with Gasteiger partial charge in [0.05, 0.1) is 17.6 Å². The Balaban J connectivity index is 0.000000280. The van der Waals surface area contributed by atoms with Crippen LogP contribution in [0, 0.1) is 11.3 Å². The van der Waals surface area contributed by atoms with E-state index >= 15 is 0 Å². The Kier molecular flexibility index (Phi) is 3.93. The van der Waals surface area contributed by atoms with Crippen molar-refractivity contribution in [2.24, 2.45) is 11.3 Å². The van der Waals surface area contributed by atoms with Crippen LogP contribution in [0.2, 0.25) is 0 Å². The molecule has 3 atom stereocenters. The summed E-state index contributed by atoms with van der Waals surface area (Å²) in [5, 5.41) is 0. The monoisotopic (exact) mass is 238 g/mol. The largest absolute Gasteiger partial charge is 0.396 e. The first-order chi connectivity index (χ1) is 7.17. The third kappa shape index (κ3) is 2.70. The van der Waals surface area contributed by atoms with Crippen LogP contribution < -0.4 is 0 Å². The molecule has 0 saturated carbocycles. The number of ether oxygens (including phenoxy) is 1. The van der Waals surface area contributed by atoms with Crippen LogP contribution in [0.1, 0.15) is 47.0 Å². The van der Waals surface area contributed by atoms with Gasteiger partial charge in [-0.25, -0.2) is 0 Å². The lowest BCUT2D eigenvalue weighted by Crippen LogP contribution is -2.43. The molecule has 0 radical (unpaired) electrons. The summed E-state index contributed by atoms with van der Waals surface area (Å²) in [5.74, 6) is 0.833. The first-order valence-electron chi connectivity index (χ1n) is 5.89. The van der Waals surface area contributed by atoms with Crippen LogP contribution in [-0.4, -0.2) is 18.4 Å². The molecule has 2 bridgehead atoms. The van der Waals surface area contributed by atoms with Crippen molar-refractivity contribution < 1.29 is 17.9 Å². The van der Waals surface area contributed by atoms with Gasteiger partial charge in [-0.1, -0.05) is 20.8 Å². The predicted molar refractivity (Wildman–Crippen MR) is 57.2 cm³/mol. The van der Waals surface area contributed by atoms with Gasteiger partial charge in [-0.3, -0.25) is 0 Å². The topological polar surface area (TPSA) is 9.23 Å². The van der Waals surface area contributed by atoms with Crippen molar-refractivity contribution in [2.45, 2.75) is 65.3 Å². The Labute approximate surface area is 95.4 Å². The van der Waals surface area contributed by atoms with E-state index in [0.717, 1.165) is 12.3 Å². The normalized spacial score (nSPS) is 37.5. The van der Waals surface area contributed by atoms with E-state index in [0.29, 0.717) is 6.42 Å². The van der Waals surface area contributed by atoms with Gasteiger partial charge < -0.3 is 4.74 Å². The molecule has 0 aromatic carbocycles. The van der Waals surface area contributed by atoms with Crippen molar-refractivity contribution >= 4 is 0 Å². The van der Waals surface area contributed by atoms with Crippen LogP contribution >= 0.6 is 0 Å². The summed E-state index contributed by atoms with van der Waals surface area (Å²) in [6, 6.07) is 0. The zero-order valence-electron chi connectivity index (χ0n) is 10.4. The van der Waals surface area contributed by atoms with Crippen LogP contribution in [0.15, 0.2) is 0 Å². The smallest absolute Gasteiger partial charge is 0.374 e. The molecular formula is C12H21F3O. The van der Waals surface area contributed by atoms with E-state index < -0.39 is 17.7 Å². The summed E-state index contributed by atoms with van der Waals surface area (Å²) in [6.45, 7) is 7.77. The summed E-state index contributed by atoms with van der Waals surface area (Å²) >= 11 is 0.